The molecule has 0 aromatic heterocycles. The van der Waals surface area contributed by atoms with Crippen molar-refractivity contribution in [3.8, 4) is 5.75 Å². The molecule has 0 aliphatic rings. The minimum atomic E-state index is -0.205. The largest absolute Gasteiger partial charge is 0.486 e. The van der Waals surface area contributed by atoms with Crippen molar-refractivity contribution < 1.29 is 4.74 Å². The van der Waals surface area contributed by atoms with Gasteiger partial charge in [0.15, 0.2) is 0 Å². The normalized spacial score (nSPS) is 12.6. The van der Waals surface area contributed by atoms with Crippen molar-refractivity contribution in [1.29, 1.82) is 0 Å². The van der Waals surface area contributed by atoms with Crippen molar-refractivity contribution in [1.82, 2.24) is 5.32 Å². The van der Waals surface area contributed by atoms with Gasteiger partial charge in [0, 0.05) is 6.54 Å². The van der Waals surface area contributed by atoms with E-state index in [-0.39, 0.29) is 11.0 Å². The third-order valence-corrected chi connectivity index (χ3v) is 3.31. The fourth-order valence-corrected chi connectivity index (χ4v) is 2.23. The van der Waals surface area contributed by atoms with Crippen LogP contribution in [-0.4, -0.2) is 18.7 Å². The average molecular weight is 277 g/mol. The number of hydrogen-bond donors (Lipinski definition) is 1. The van der Waals surface area contributed by atoms with Gasteiger partial charge in [-0.05, 0) is 56.3 Å². The van der Waals surface area contributed by atoms with Gasteiger partial charge in [0.1, 0.15) is 11.4 Å². The standard InChI is InChI=1S/C18H31NO/c1-8-11-19-13-18(6,7)20-16-12-14(2)9-10-15(16)17(3,4)5/h9-10,12,19H,8,11,13H2,1-7H3. The van der Waals surface area contributed by atoms with Gasteiger partial charge in [-0.2, -0.15) is 0 Å². The number of aryl methyl sites for hydroxylation is 1. The minimum Gasteiger partial charge on any atom is -0.486 e. The summed E-state index contributed by atoms with van der Waals surface area (Å²) >= 11 is 0. The molecule has 2 nitrogen and oxygen atoms in total. The maximum atomic E-state index is 6.32. The smallest absolute Gasteiger partial charge is 0.124 e. The van der Waals surface area contributed by atoms with E-state index in [1.165, 1.54) is 11.1 Å². The SMILES string of the molecule is CCCNCC(C)(C)Oc1cc(C)ccc1C(C)(C)C. The van der Waals surface area contributed by atoms with Crippen molar-refractivity contribution in [2.24, 2.45) is 0 Å². The van der Waals surface area contributed by atoms with Gasteiger partial charge in [-0.25, -0.2) is 0 Å². The lowest BCUT2D eigenvalue weighted by Crippen LogP contribution is -2.41. The number of benzene rings is 1. The van der Waals surface area contributed by atoms with E-state index >= 15 is 0 Å². The molecule has 0 heterocycles. The fourth-order valence-electron chi connectivity index (χ4n) is 2.23. The van der Waals surface area contributed by atoms with E-state index in [2.05, 4.69) is 72.0 Å². The summed E-state index contributed by atoms with van der Waals surface area (Å²) in [6, 6.07) is 6.51. The Morgan fingerprint density at radius 3 is 2.30 bits per heavy atom. The van der Waals surface area contributed by atoms with Gasteiger partial charge in [0.25, 0.3) is 0 Å². The molecule has 0 bridgehead atoms. The van der Waals surface area contributed by atoms with E-state index in [1.807, 2.05) is 0 Å². The summed E-state index contributed by atoms with van der Waals surface area (Å²) < 4.78 is 6.32. The van der Waals surface area contributed by atoms with E-state index in [0.717, 1.165) is 25.3 Å². The predicted octanol–water partition coefficient (Wildman–Crippen LogP) is 4.45. The lowest BCUT2D eigenvalue weighted by molar-refractivity contribution is 0.105. The molecule has 1 N–H and O–H groups in total. The average Bonchev–Trinajstić information content (AvgIpc) is 2.26. The van der Waals surface area contributed by atoms with E-state index < -0.39 is 0 Å². The molecule has 114 valence electrons. The van der Waals surface area contributed by atoms with Crippen molar-refractivity contribution >= 4 is 0 Å². The summed E-state index contributed by atoms with van der Waals surface area (Å²) in [5.74, 6) is 1.01. The van der Waals surface area contributed by atoms with Crippen LogP contribution in [0.25, 0.3) is 0 Å². The molecule has 0 aliphatic carbocycles. The van der Waals surface area contributed by atoms with E-state index in [9.17, 15) is 0 Å². The molecule has 0 amide bonds. The first-order valence-electron chi connectivity index (χ1n) is 7.66. The first-order chi connectivity index (χ1) is 9.15. The zero-order valence-electron chi connectivity index (χ0n) is 14.3. The van der Waals surface area contributed by atoms with Crippen LogP contribution in [0.1, 0.15) is 59.1 Å². The Kier molecular flexibility index (Phi) is 5.64. The molecule has 1 aromatic carbocycles. The summed E-state index contributed by atoms with van der Waals surface area (Å²) in [6.45, 7) is 17.2. The van der Waals surface area contributed by atoms with Crippen LogP contribution in [-0.2, 0) is 5.41 Å². The summed E-state index contributed by atoms with van der Waals surface area (Å²) in [7, 11) is 0. The maximum Gasteiger partial charge on any atom is 0.124 e. The van der Waals surface area contributed by atoms with E-state index in [4.69, 9.17) is 4.74 Å². The molecule has 0 spiro atoms. The van der Waals surface area contributed by atoms with Crippen LogP contribution in [0, 0.1) is 6.92 Å². The highest BCUT2D eigenvalue weighted by Crippen LogP contribution is 2.34. The second-order valence-corrected chi connectivity index (χ2v) is 7.29. The molecule has 0 saturated heterocycles. The fraction of sp³-hybridized carbons (Fsp3) is 0.667. The Balaban J connectivity index is 2.92. The Hall–Kier alpha value is -1.02. The van der Waals surface area contributed by atoms with Crippen molar-refractivity contribution in [2.75, 3.05) is 13.1 Å². The van der Waals surface area contributed by atoms with Crippen LogP contribution in [0.5, 0.6) is 5.75 Å². The highest BCUT2D eigenvalue weighted by molar-refractivity contribution is 5.41. The Morgan fingerprint density at radius 2 is 1.75 bits per heavy atom. The zero-order chi connectivity index (χ0) is 15.4. The van der Waals surface area contributed by atoms with Crippen LogP contribution in [0.2, 0.25) is 0 Å². The number of ether oxygens (including phenoxy) is 1. The number of hydrogen-bond acceptors (Lipinski definition) is 2. The molecule has 20 heavy (non-hydrogen) atoms. The van der Waals surface area contributed by atoms with Crippen molar-refractivity contribution in [2.45, 2.75) is 65.9 Å². The molecule has 0 aliphatic heterocycles. The van der Waals surface area contributed by atoms with Crippen LogP contribution < -0.4 is 10.1 Å². The third kappa shape index (κ3) is 5.16. The Labute approximate surface area is 124 Å². The molecule has 0 saturated carbocycles. The van der Waals surface area contributed by atoms with Gasteiger partial charge in [-0.15, -0.1) is 0 Å². The van der Waals surface area contributed by atoms with Gasteiger partial charge in [-0.1, -0.05) is 39.8 Å². The maximum absolute atomic E-state index is 6.32. The monoisotopic (exact) mass is 277 g/mol. The molecule has 0 atom stereocenters. The highest BCUT2D eigenvalue weighted by Gasteiger charge is 2.24. The van der Waals surface area contributed by atoms with Gasteiger partial charge < -0.3 is 10.1 Å². The first kappa shape index (κ1) is 17.0. The van der Waals surface area contributed by atoms with E-state index in [0.29, 0.717) is 0 Å². The van der Waals surface area contributed by atoms with Gasteiger partial charge in [0.2, 0.25) is 0 Å². The molecule has 1 rings (SSSR count). The predicted molar refractivity (Wildman–Crippen MR) is 87.7 cm³/mol. The van der Waals surface area contributed by atoms with Gasteiger partial charge >= 0.3 is 0 Å². The first-order valence-corrected chi connectivity index (χ1v) is 7.66. The summed E-state index contributed by atoms with van der Waals surface area (Å²) in [4.78, 5) is 0. The van der Waals surface area contributed by atoms with Gasteiger partial charge in [0.05, 0.1) is 0 Å². The molecule has 0 fully saturated rings. The lowest BCUT2D eigenvalue weighted by Gasteiger charge is -2.31. The Bertz CT molecular complexity index is 430. The van der Waals surface area contributed by atoms with Crippen LogP contribution in [0.15, 0.2) is 18.2 Å². The lowest BCUT2D eigenvalue weighted by atomic mass is 9.85. The number of nitrogens with one attached hydrogen (secondary N) is 1. The summed E-state index contributed by atoms with van der Waals surface area (Å²) in [5, 5.41) is 3.44. The topological polar surface area (TPSA) is 21.3 Å². The third-order valence-electron chi connectivity index (χ3n) is 3.31. The second-order valence-electron chi connectivity index (χ2n) is 7.29. The summed E-state index contributed by atoms with van der Waals surface area (Å²) in [6.07, 6.45) is 1.15. The minimum absolute atomic E-state index is 0.0932. The molecule has 2 heteroatoms. The van der Waals surface area contributed by atoms with Crippen molar-refractivity contribution in [3.63, 3.8) is 0 Å². The second kappa shape index (κ2) is 6.62. The molecular formula is C18H31NO. The number of rotatable bonds is 6. The van der Waals surface area contributed by atoms with E-state index in [1.54, 1.807) is 0 Å². The molecule has 0 radical (unpaired) electrons. The van der Waals surface area contributed by atoms with Crippen LogP contribution in [0.3, 0.4) is 0 Å². The molecular weight excluding hydrogens is 246 g/mol. The molecule has 1 aromatic rings. The summed E-state index contributed by atoms with van der Waals surface area (Å²) in [5.41, 5.74) is 2.40. The highest BCUT2D eigenvalue weighted by atomic mass is 16.5. The Morgan fingerprint density at radius 1 is 1.10 bits per heavy atom. The van der Waals surface area contributed by atoms with Crippen LogP contribution in [0.4, 0.5) is 0 Å². The van der Waals surface area contributed by atoms with Crippen LogP contribution >= 0.6 is 0 Å². The van der Waals surface area contributed by atoms with Gasteiger partial charge in [-0.3, -0.25) is 0 Å². The quantitative estimate of drug-likeness (QED) is 0.776. The zero-order valence-corrected chi connectivity index (χ0v) is 14.3. The van der Waals surface area contributed by atoms with Crippen molar-refractivity contribution in [3.05, 3.63) is 29.3 Å². The molecule has 0 unspecified atom stereocenters.